The predicted octanol–water partition coefficient (Wildman–Crippen LogP) is 2.37. The van der Waals surface area contributed by atoms with Crippen LogP contribution in [-0.4, -0.2) is 45.7 Å². The smallest absolute Gasteiger partial charge is 0.191 e. The lowest BCUT2D eigenvalue weighted by Gasteiger charge is -2.15. The summed E-state index contributed by atoms with van der Waals surface area (Å²) in [6.45, 7) is 3.48. The maximum absolute atomic E-state index is 5.43. The van der Waals surface area contributed by atoms with Crippen molar-refractivity contribution in [2.24, 2.45) is 4.99 Å². The monoisotopic (exact) mass is 355 g/mol. The van der Waals surface area contributed by atoms with Gasteiger partial charge < -0.3 is 20.3 Å². The minimum atomic E-state index is 0.620. The Morgan fingerprint density at radius 3 is 2.69 bits per heavy atom. The van der Waals surface area contributed by atoms with E-state index in [9.17, 15) is 0 Å². The molecule has 0 unspecified atom stereocenters. The van der Waals surface area contributed by atoms with Crippen molar-refractivity contribution in [3.8, 4) is 5.75 Å². The molecule has 1 aromatic carbocycles. The van der Waals surface area contributed by atoms with E-state index in [4.69, 9.17) is 4.74 Å². The molecule has 0 bridgehead atoms. The molecule has 0 aliphatic heterocycles. The number of aliphatic imine (C=N–C) groups is 1. The number of nitrogens with zero attached hydrogens (tertiary/aromatic N) is 3. The van der Waals surface area contributed by atoms with Crippen LogP contribution in [0.25, 0.3) is 0 Å². The lowest BCUT2D eigenvalue weighted by molar-refractivity contribution is 0.409. The van der Waals surface area contributed by atoms with Crippen LogP contribution >= 0.6 is 0 Å². The van der Waals surface area contributed by atoms with E-state index in [1.54, 1.807) is 14.2 Å². The number of nitrogens with one attached hydrogen (secondary N) is 2. The van der Waals surface area contributed by atoms with Gasteiger partial charge in [0.25, 0.3) is 0 Å². The fourth-order valence-corrected chi connectivity index (χ4v) is 2.63. The molecule has 2 N–H and O–H groups in total. The van der Waals surface area contributed by atoms with E-state index in [-0.39, 0.29) is 0 Å². The summed E-state index contributed by atoms with van der Waals surface area (Å²) in [5.74, 6) is 2.62. The highest BCUT2D eigenvalue weighted by atomic mass is 16.5. The minimum absolute atomic E-state index is 0.620. The Labute approximate surface area is 156 Å². The number of rotatable bonds is 7. The average molecular weight is 355 g/mol. The van der Waals surface area contributed by atoms with E-state index < -0.39 is 0 Å². The van der Waals surface area contributed by atoms with E-state index in [1.165, 1.54) is 11.1 Å². The fraction of sp³-hybridized carbons (Fsp3) is 0.400. The molecule has 0 atom stereocenters. The summed E-state index contributed by atoms with van der Waals surface area (Å²) < 4.78 is 5.43. The van der Waals surface area contributed by atoms with Crippen LogP contribution in [0.2, 0.25) is 0 Å². The standard InChI is InChI=1S/C20H29N5O/c1-15-9-10-18(26-5)16(13-15)11-12-22-20(21-2)23-14-17-7-6-8-19(24-17)25(3)4/h6-10,13H,11-12,14H2,1-5H3,(H2,21,22,23). The largest absolute Gasteiger partial charge is 0.496 e. The second-order valence-electron chi connectivity index (χ2n) is 6.30. The minimum Gasteiger partial charge on any atom is -0.496 e. The van der Waals surface area contributed by atoms with Crippen molar-refractivity contribution in [1.82, 2.24) is 15.6 Å². The normalized spacial score (nSPS) is 11.2. The molecule has 1 aromatic heterocycles. The molecule has 0 saturated heterocycles. The maximum Gasteiger partial charge on any atom is 0.191 e. The Hall–Kier alpha value is -2.76. The molecule has 0 spiro atoms. The van der Waals surface area contributed by atoms with E-state index in [0.29, 0.717) is 6.54 Å². The van der Waals surface area contributed by atoms with Crippen molar-refractivity contribution in [2.75, 3.05) is 39.7 Å². The molecule has 140 valence electrons. The highest BCUT2D eigenvalue weighted by Crippen LogP contribution is 2.19. The highest BCUT2D eigenvalue weighted by molar-refractivity contribution is 5.79. The molecule has 0 amide bonds. The van der Waals surface area contributed by atoms with Gasteiger partial charge >= 0.3 is 0 Å². The number of anilines is 1. The lowest BCUT2D eigenvalue weighted by Crippen LogP contribution is -2.38. The summed E-state index contributed by atoms with van der Waals surface area (Å²) in [7, 11) is 7.45. The van der Waals surface area contributed by atoms with Crippen molar-refractivity contribution in [3.05, 3.63) is 53.2 Å². The summed E-state index contributed by atoms with van der Waals surface area (Å²) in [6, 6.07) is 12.2. The van der Waals surface area contributed by atoms with E-state index in [0.717, 1.165) is 36.2 Å². The summed E-state index contributed by atoms with van der Waals surface area (Å²) >= 11 is 0. The number of guanidine groups is 1. The maximum atomic E-state index is 5.43. The molecule has 1 heterocycles. The van der Waals surface area contributed by atoms with Crippen LogP contribution in [0.5, 0.6) is 5.75 Å². The molecule has 0 fully saturated rings. The summed E-state index contributed by atoms with van der Waals surface area (Å²) in [6.07, 6.45) is 0.861. The van der Waals surface area contributed by atoms with E-state index >= 15 is 0 Å². The van der Waals surface area contributed by atoms with E-state index in [2.05, 4.69) is 39.7 Å². The third kappa shape index (κ3) is 5.65. The zero-order valence-electron chi connectivity index (χ0n) is 16.3. The van der Waals surface area contributed by atoms with E-state index in [1.807, 2.05) is 43.3 Å². The number of hydrogen-bond acceptors (Lipinski definition) is 4. The zero-order chi connectivity index (χ0) is 18.9. The van der Waals surface area contributed by atoms with Crippen LogP contribution < -0.4 is 20.3 Å². The molecule has 0 aliphatic rings. The molecular weight excluding hydrogens is 326 g/mol. The third-order valence-electron chi connectivity index (χ3n) is 4.03. The number of pyridine rings is 1. The number of ether oxygens (including phenoxy) is 1. The van der Waals surface area contributed by atoms with Gasteiger partial charge in [-0.1, -0.05) is 23.8 Å². The molecule has 0 saturated carbocycles. The van der Waals surface area contributed by atoms with Crippen molar-refractivity contribution >= 4 is 11.8 Å². The van der Waals surface area contributed by atoms with Crippen LogP contribution in [0.15, 0.2) is 41.4 Å². The zero-order valence-corrected chi connectivity index (χ0v) is 16.3. The highest BCUT2D eigenvalue weighted by Gasteiger charge is 2.05. The van der Waals surface area contributed by atoms with Gasteiger partial charge in [0.15, 0.2) is 5.96 Å². The Morgan fingerprint density at radius 2 is 2.00 bits per heavy atom. The molecular formula is C20H29N5O. The second-order valence-corrected chi connectivity index (χ2v) is 6.30. The van der Waals surface area contributed by atoms with Gasteiger partial charge in [0.05, 0.1) is 19.3 Å². The van der Waals surface area contributed by atoms with Crippen molar-refractivity contribution < 1.29 is 4.74 Å². The molecule has 2 aromatic rings. The van der Waals surface area contributed by atoms with Gasteiger partial charge in [-0.15, -0.1) is 0 Å². The van der Waals surface area contributed by atoms with Crippen molar-refractivity contribution in [3.63, 3.8) is 0 Å². The topological polar surface area (TPSA) is 61.8 Å². The Morgan fingerprint density at radius 1 is 1.19 bits per heavy atom. The Kier molecular flexibility index (Phi) is 7.26. The lowest BCUT2D eigenvalue weighted by atomic mass is 10.1. The predicted molar refractivity (Wildman–Crippen MR) is 108 cm³/mol. The number of methoxy groups -OCH3 is 1. The van der Waals surface area contributed by atoms with Gasteiger partial charge in [-0.3, -0.25) is 4.99 Å². The number of aryl methyl sites for hydroxylation is 1. The third-order valence-corrected chi connectivity index (χ3v) is 4.03. The van der Waals surface area contributed by atoms with Crippen LogP contribution in [0.3, 0.4) is 0 Å². The Balaban J connectivity index is 1.87. The number of benzene rings is 1. The molecule has 6 nitrogen and oxygen atoms in total. The Bertz CT molecular complexity index is 743. The van der Waals surface area contributed by atoms with Gasteiger partial charge in [-0.25, -0.2) is 4.98 Å². The summed E-state index contributed by atoms with van der Waals surface area (Å²) in [5.41, 5.74) is 3.39. The number of hydrogen-bond donors (Lipinski definition) is 2. The molecule has 2 rings (SSSR count). The quantitative estimate of drug-likeness (QED) is 0.590. The molecule has 0 radical (unpaired) electrons. The van der Waals surface area contributed by atoms with Crippen molar-refractivity contribution in [1.29, 1.82) is 0 Å². The fourth-order valence-electron chi connectivity index (χ4n) is 2.63. The molecule has 0 aliphatic carbocycles. The first-order valence-corrected chi connectivity index (χ1v) is 8.74. The van der Waals surface area contributed by atoms with Crippen LogP contribution in [0.1, 0.15) is 16.8 Å². The second kappa shape index (κ2) is 9.65. The van der Waals surface area contributed by atoms with Gasteiger partial charge in [0.1, 0.15) is 11.6 Å². The first-order valence-electron chi connectivity index (χ1n) is 8.74. The van der Waals surface area contributed by atoms with Gasteiger partial charge in [0.2, 0.25) is 0 Å². The first-order chi connectivity index (χ1) is 12.5. The van der Waals surface area contributed by atoms with Crippen LogP contribution in [0, 0.1) is 6.92 Å². The molecule has 26 heavy (non-hydrogen) atoms. The SMILES string of the molecule is CN=C(NCCc1cc(C)ccc1OC)NCc1cccc(N(C)C)n1. The van der Waals surface area contributed by atoms with Crippen LogP contribution in [0.4, 0.5) is 5.82 Å². The number of aromatic nitrogens is 1. The van der Waals surface area contributed by atoms with Gasteiger partial charge in [-0.2, -0.15) is 0 Å². The van der Waals surface area contributed by atoms with Crippen LogP contribution in [-0.2, 0) is 13.0 Å². The summed E-state index contributed by atoms with van der Waals surface area (Å²) in [4.78, 5) is 10.9. The van der Waals surface area contributed by atoms with Gasteiger partial charge in [-0.05, 0) is 37.1 Å². The van der Waals surface area contributed by atoms with Gasteiger partial charge in [0, 0.05) is 27.7 Å². The summed E-state index contributed by atoms with van der Waals surface area (Å²) in [5, 5.41) is 6.65. The first kappa shape index (κ1) is 19.6. The average Bonchev–Trinajstić information content (AvgIpc) is 2.65. The molecule has 6 heteroatoms. The van der Waals surface area contributed by atoms with Crippen molar-refractivity contribution in [2.45, 2.75) is 19.9 Å².